The Morgan fingerprint density at radius 3 is 2.61 bits per heavy atom. The fraction of sp³-hybridized carbons (Fsp3) is 0.929. The lowest BCUT2D eigenvalue weighted by Crippen LogP contribution is -2.38. The molecular formula is C14H27N3O. The topological polar surface area (TPSA) is 35.6 Å². The van der Waals surface area contributed by atoms with Gasteiger partial charge in [-0.25, -0.2) is 4.79 Å². The molecule has 2 saturated heterocycles. The summed E-state index contributed by atoms with van der Waals surface area (Å²) in [6.45, 7) is 8.56. The average molecular weight is 253 g/mol. The molecule has 4 heteroatoms. The molecule has 2 heterocycles. The van der Waals surface area contributed by atoms with Crippen molar-refractivity contribution in [2.75, 3.05) is 33.2 Å². The van der Waals surface area contributed by atoms with E-state index in [1.165, 1.54) is 12.8 Å². The molecule has 2 amide bonds. The summed E-state index contributed by atoms with van der Waals surface area (Å²) < 4.78 is 0. The molecule has 1 unspecified atom stereocenters. The zero-order chi connectivity index (χ0) is 13.1. The molecule has 2 aliphatic rings. The number of amides is 2. The van der Waals surface area contributed by atoms with E-state index in [0.29, 0.717) is 17.9 Å². The van der Waals surface area contributed by atoms with E-state index in [0.717, 1.165) is 32.6 Å². The van der Waals surface area contributed by atoms with E-state index in [-0.39, 0.29) is 6.03 Å². The third-order valence-corrected chi connectivity index (χ3v) is 4.23. The van der Waals surface area contributed by atoms with Crippen molar-refractivity contribution in [2.24, 2.45) is 11.8 Å². The van der Waals surface area contributed by atoms with Crippen LogP contribution in [0.1, 0.15) is 33.1 Å². The Balaban J connectivity index is 1.87. The first-order chi connectivity index (χ1) is 8.58. The molecule has 0 saturated carbocycles. The Bertz CT molecular complexity index is 287. The van der Waals surface area contributed by atoms with Gasteiger partial charge >= 0.3 is 6.03 Å². The van der Waals surface area contributed by atoms with Crippen LogP contribution in [0.2, 0.25) is 0 Å². The Kier molecular flexibility index (Phi) is 4.49. The highest BCUT2D eigenvalue weighted by Crippen LogP contribution is 2.23. The first kappa shape index (κ1) is 13.7. The number of carbonyl (C=O) groups is 1. The van der Waals surface area contributed by atoms with Crippen LogP contribution in [0, 0.1) is 11.8 Å². The van der Waals surface area contributed by atoms with Crippen molar-refractivity contribution in [3.63, 3.8) is 0 Å². The molecule has 18 heavy (non-hydrogen) atoms. The summed E-state index contributed by atoms with van der Waals surface area (Å²) in [5.41, 5.74) is 0. The van der Waals surface area contributed by atoms with Crippen LogP contribution in [0.25, 0.3) is 0 Å². The highest BCUT2D eigenvalue weighted by molar-refractivity contribution is 5.76. The van der Waals surface area contributed by atoms with E-state index in [2.05, 4.69) is 24.1 Å². The molecule has 2 aliphatic heterocycles. The predicted octanol–water partition coefficient (Wildman–Crippen LogP) is 1.77. The maximum Gasteiger partial charge on any atom is 0.320 e. The third kappa shape index (κ3) is 3.16. The third-order valence-electron chi connectivity index (χ3n) is 4.23. The summed E-state index contributed by atoms with van der Waals surface area (Å²) in [4.78, 5) is 16.2. The van der Waals surface area contributed by atoms with Crippen LogP contribution in [0.4, 0.5) is 4.79 Å². The molecule has 4 nitrogen and oxygen atoms in total. The van der Waals surface area contributed by atoms with Gasteiger partial charge in [-0.05, 0) is 44.2 Å². The lowest BCUT2D eigenvalue weighted by atomic mass is 9.97. The second kappa shape index (κ2) is 5.91. The van der Waals surface area contributed by atoms with Gasteiger partial charge in [-0.2, -0.15) is 0 Å². The highest BCUT2D eigenvalue weighted by atomic mass is 16.2. The SMILES string of the molecule is CC(C)CC1CN(CC2CCNCC2)C(=O)N1C. The standard InChI is InChI=1S/C14H27N3O/c1-11(2)8-13-10-17(14(18)16(13)3)9-12-4-6-15-7-5-12/h11-13,15H,4-10H2,1-3H3. The Hall–Kier alpha value is -0.770. The van der Waals surface area contributed by atoms with Crippen LogP contribution < -0.4 is 5.32 Å². The van der Waals surface area contributed by atoms with Crippen molar-refractivity contribution in [3.8, 4) is 0 Å². The summed E-state index contributed by atoms with van der Waals surface area (Å²) >= 11 is 0. The molecule has 0 aromatic heterocycles. The normalized spacial score (nSPS) is 26.4. The molecule has 2 fully saturated rings. The van der Waals surface area contributed by atoms with Crippen molar-refractivity contribution >= 4 is 6.03 Å². The Morgan fingerprint density at radius 2 is 2.00 bits per heavy atom. The fourth-order valence-corrected chi connectivity index (χ4v) is 3.14. The largest absolute Gasteiger partial charge is 0.323 e. The summed E-state index contributed by atoms with van der Waals surface area (Å²) in [6, 6.07) is 0.651. The number of nitrogens with one attached hydrogen (secondary N) is 1. The molecule has 2 rings (SSSR count). The summed E-state index contributed by atoms with van der Waals surface area (Å²) in [5, 5.41) is 3.38. The molecule has 0 radical (unpaired) electrons. The maximum absolute atomic E-state index is 12.2. The lowest BCUT2D eigenvalue weighted by Gasteiger charge is -2.27. The van der Waals surface area contributed by atoms with Gasteiger partial charge < -0.3 is 15.1 Å². The minimum absolute atomic E-state index is 0.235. The van der Waals surface area contributed by atoms with E-state index in [1.807, 2.05) is 11.9 Å². The molecule has 0 aliphatic carbocycles. The first-order valence-corrected chi connectivity index (χ1v) is 7.30. The summed E-state index contributed by atoms with van der Waals surface area (Å²) in [7, 11) is 1.96. The zero-order valence-corrected chi connectivity index (χ0v) is 12.0. The number of urea groups is 1. The van der Waals surface area contributed by atoms with Crippen molar-refractivity contribution in [3.05, 3.63) is 0 Å². The lowest BCUT2D eigenvalue weighted by molar-refractivity contribution is 0.184. The number of rotatable bonds is 4. The number of likely N-dealkylation sites (N-methyl/N-ethyl adjacent to an activating group) is 1. The van der Waals surface area contributed by atoms with Gasteiger partial charge in [-0.3, -0.25) is 0 Å². The number of hydrogen-bond acceptors (Lipinski definition) is 2. The minimum atomic E-state index is 0.235. The van der Waals surface area contributed by atoms with E-state index in [4.69, 9.17) is 0 Å². The summed E-state index contributed by atoms with van der Waals surface area (Å²) in [6.07, 6.45) is 3.54. The van der Waals surface area contributed by atoms with E-state index < -0.39 is 0 Å². The van der Waals surface area contributed by atoms with Crippen LogP contribution in [-0.2, 0) is 0 Å². The van der Waals surface area contributed by atoms with Crippen LogP contribution in [0.15, 0.2) is 0 Å². The Morgan fingerprint density at radius 1 is 1.33 bits per heavy atom. The van der Waals surface area contributed by atoms with Crippen LogP contribution >= 0.6 is 0 Å². The number of carbonyl (C=O) groups excluding carboxylic acids is 1. The molecule has 0 aromatic rings. The highest BCUT2D eigenvalue weighted by Gasteiger charge is 2.35. The second-order valence-corrected chi connectivity index (χ2v) is 6.28. The van der Waals surface area contributed by atoms with Crippen LogP contribution in [0.3, 0.4) is 0 Å². The first-order valence-electron chi connectivity index (χ1n) is 7.30. The van der Waals surface area contributed by atoms with Gasteiger partial charge in [0, 0.05) is 20.1 Å². The van der Waals surface area contributed by atoms with E-state index >= 15 is 0 Å². The maximum atomic E-state index is 12.2. The van der Waals surface area contributed by atoms with Gasteiger partial charge in [-0.1, -0.05) is 13.8 Å². The molecule has 1 atom stereocenters. The molecule has 104 valence electrons. The van der Waals surface area contributed by atoms with E-state index in [9.17, 15) is 4.79 Å². The average Bonchev–Trinajstić information content (AvgIpc) is 2.58. The zero-order valence-electron chi connectivity index (χ0n) is 12.0. The molecule has 0 spiro atoms. The number of nitrogens with zero attached hydrogens (tertiary/aromatic N) is 2. The second-order valence-electron chi connectivity index (χ2n) is 6.28. The molecule has 0 bridgehead atoms. The van der Waals surface area contributed by atoms with Gasteiger partial charge in [-0.15, -0.1) is 0 Å². The van der Waals surface area contributed by atoms with E-state index in [1.54, 1.807) is 0 Å². The predicted molar refractivity (Wildman–Crippen MR) is 73.6 cm³/mol. The van der Waals surface area contributed by atoms with Gasteiger partial charge in [0.15, 0.2) is 0 Å². The van der Waals surface area contributed by atoms with Crippen molar-refractivity contribution in [1.29, 1.82) is 0 Å². The number of hydrogen-bond donors (Lipinski definition) is 1. The number of piperidine rings is 1. The van der Waals surface area contributed by atoms with Gasteiger partial charge in [0.05, 0.1) is 6.04 Å². The van der Waals surface area contributed by atoms with Gasteiger partial charge in [0.25, 0.3) is 0 Å². The minimum Gasteiger partial charge on any atom is -0.323 e. The molecular weight excluding hydrogens is 226 g/mol. The van der Waals surface area contributed by atoms with Crippen molar-refractivity contribution < 1.29 is 4.79 Å². The van der Waals surface area contributed by atoms with Gasteiger partial charge in [0.1, 0.15) is 0 Å². The van der Waals surface area contributed by atoms with Crippen LogP contribution in [0.5, 0.6) is 0 Å². The summed E-state index contributed by atoms with van der Waals surface area (Å²) in [5.74, 6) is 1.35. The quantitative estimate of drug-likeness (QED) is 0.829. The van der Waals surface area contributed by atoms with Crippen molar-refractivity contribution in [2.45, 2.75) is 39.2 Å². The Labute approximate surface area is 111 Å². The molecule has 0 aromatic carbocycles. The smallest absolute Gasteiger partial charge is 0.320 e. The monoisotopic (exact) mass is 253 g/mol. The van der Waals surface area contributed by atoms with Crippen LogP contribution in [-0.4, -0.2) is 55.1 Å². The molecule has 1 N–H and O–H groups in total. The van der Waals surface area contributed by atoms with Crippen molar-refractivity contribution in [1.82, 2.24) is 15.1 Å². The fourth-order valence-electron chi connectivity index (χ4n) is 3.14. The van der Waals surface area contributed by atoms with Gasteiger partial charge in [0.2, 0.25) is 0 Å².